The molecule has 0 spiro atoms. The summed E-state index contributed by atoms with van der Waals surface area (Å²) in [7, 11) is 3.16. The predicted molar refractivity (Wildman–Crippen MR) is 129 cm³/mol. The van der Waals surface area contributed by atoms with Gasteiger partial charge in [-0.15, -0.1) is 11.3 Å². The molecule has 176 valence electrons. The summed E-state index contributed by atoms with van der Waals surface area (Å²) < 4.78 is 33.0. The van der Waals surface area contributed by atoms with Crippen LogP contribution in [0, 0.1) is 0 Å². The molecule has 7 nitrogen and oxygen atoms in total. The molecule has 2 aromatic rings. The normalized spacial score (nSPS) is 14.4. The smallest absolute Gasteiger partial charge is 0.340 e. The lowest BCUT2D eigenvalue weighted by Crippen LogP contribution is -2.30. The van der Waals surface area contributed by atoms with Crippen molar-refractivity contribution in [3.05, 3.63) is 45.8 Å². The number of ether oxygens (including phenoxy) is 1. The minimum Gasteiger partial charge on any atom is -0.465 e. The molecule has 0 bridgehead atoms. The van der Waals surface area contributed by atoms with E-state index in [1.54, 1.807) is 7.05 Å². The molecular weight excluding hydrogens is 446 g/mol. The van der Waals surface area contributed by atoms with E-state index < -0.39 is 16.0 Å². The van der Waals surface area contributed by atoms with Gasteiger partial charge >= 0.3 is 5.97 Å². The van der Waals surface area contributed by atoms with Gasteiger partial charge in [0, 0.05) is 57.9 Å². The van der Waals surface area contributed by atoms with E-state index in [2.05, 4.69) is 34.1 Å². The quantitative estimate of drug-likeness (QED) is 0.512. The Hall–Kier alpha value is -1.94. The van der Waals surface area contributed by atoms with E-state index >= 15 is 0 Å². The number of hydrogen-bond acceptors (Lipinski definition) is 7. The molecule has 9 heteroatoms. The second kappa shape index (κ2) is 10.3. The van der Waals surface area contributed by atoms with Crippen molar-refractivity contribution >= 4 is 33.0 Å². The fourth-order valence-electron chi connectivity index (χ4n) is 3.86. The van der Waals surface area contributed by atoms with Crippen LogP contribution in [0.5, 0.6) is 0 Å². The maximum atomic E-state index is 13.3. The Labute approximate surface area is 195 Å². The molecule has 32 heavy (non-hydrogen) atoms. The van der Waals surface area contributed by atoms with E-state index in [1.165, 1.54) is 28.3 Å². The standard InChI is InChI=1S/C23H33N3O4S2/c1-6-7-13-25(4)32(28,29)23-21(22(27)30-5)19-12-14-26(16-20(19)31-23)15-17-8-10-18(11-9-17)24(2)3/h8-11H,6-7,12-16H2,1-5H3. The van der Waals surface area contributed by atoms with E-state index in [0.717, 1.165) is 42.1 Å². The number of carbonyl (C=O) groups is 1. The van der Waals surface area contributed by atoms with Gasteiger partial charge in [0.2, 0.25) is 0 Å². The molecule has 0 saturated heterocycles. The molecule has 0 radical (unpaired) electrons. The van der Waals surface area contributed by atoms with Gasteiger partial charge in [0.1, 0.15) is 4.21 Å². The van der Waals surface area contributed by atoms with Gasteiger partial charge in [-0.2, -0.15) is 0 Å². The lowest BCUT2D eigenvalue weighted by molar-refractivity contribution is 0.0595. The highest BCUT2D eigenvalue weighted by Crippen LogP contribution is 2.38. The molecule has 1 aromatic heterocycles. The van der Waals surface area contributed by atoms with Crippen LogP contribution in [0.4, 0.5) is 5.69 Å². The molecule has 2 heterocycles. The third-order valence-corrected chi connectivity index (χ3v) is 9.39. The average molecular weight is 480 g/mol. The summed E-state index contributed by atoms with van der Waals surface area (Å²) in [5.41, 5.74) is 3.41. The fourth-order valence-corrected chi connectivity index (χ4v) is 7.19. The number of nitrogens with zero attached hydrogens (tertiary/aromatic N) is 3. The number of hydrogen-bond donors (Lipinski definition) is 0. The minimum atomic E-state index is -3.75. The minimum absolute atomic E-state index is 0.116. The van der Waals surface area contributed by atoms with Crippen LogP contribution in [0.25, 0.3) is 0 Å². The highest BCUT2D eigenvalue weighted by Gasteiger charge is 2.35. The zero-order valence-electron chi connectivity index (χ0n) is 19.6. The maximum absolute atomic E-state index is 13.3. The fraction of sp³-hybridized carbons (Fsp3) is 0.522. The number of sulfonamides is 1. The zero-order chi connectivity index (χ0) is 23.5. The Morgan fingerprint density at radius 2 is 1.88 bits per heavy atom. The number of esters is 1. The number of methoxy groups -OCH3 is 1. The van der Waals surface area contributed by atoms with E-state index in [0.29, 0.717) is 19.5 Å². The van der Waals surface area contributed by atoms with E-state index in [1.807, 2.05) is 21.0 Å². The summed E-state index contributed by atoms with van der Waals surface area (Å²) in [5.74, 6) is -0.572. The largest absolute Gasteiger partial charge is 0.465 e. The van der Waals surface area contributed by atoms with Crippen molar-refractivity contribution in [1.82, 2.24) is 9.21 Å². The Morgan fingerprint density at radius 3 is 2.47 bits per heavy atom. The second-order valence-electron chi connectivity index (χ2n) is 8.36. The van der Waals surface area contributed by atoms with E-state index in [-0.39, 0.29) is 9.77 Å². The molecule has 0 unspecified atom stereocenters. The highest BCUT2D eigenvalue weighted by atomic mass is 32.2. The van der Waals surface area contributed by atoms with Gasteiger partial charge in [-0.3, -0.25) is 4.90 Å². The molecular formula is C23H33N3O4S2. The Morgan fingerprint density at radius 1 is 1.19 bits per heavy atom. The van der Waals surface area contributed by atoms with Gasteiger partial charge < -0.3 is 9.64 Å². The van der Waals surface area contributed by atoms with Crippen LogP contribution < -0.4 is 4.90 Å². The van der Waals surface area contributed by atoms with Gasteiger partial charge in [-0.25, -0.2) is 17.5 Å². The summed E-state index contributed by atoms with van der Waals surface area (Å²) >= 11 is 1.22. The summed E-state index contributed by atoms with van der Waals surface area (Å²) in [5, 5.41) is 0. The van der Waals surface area contributed by atoms with Crippen molar-refractivity contribution in [2.45, 2.75) is 43.5 Å². The number of fused-ring (bicyclic) bond motifs is 1. The Balaban J connectivity index is 1.87. The summed E-state index contributed by atoms with van der Waals surface area (Å²) in [6.07, 6.45) is 2.30. The third-order valence-electron chi connectivity index (χ3n) is 5.82. The lowest BCUT2D eigenvalue weighted by Gasteiger charge is -2.27. The number of anilines is 1. The van der Waals surface area contributed by atoms with Gasteiger partial charge in [0.05, 0.1) is 12.7 Å². The van der Waals surface area contributed by atoms with Gasteiger partial charge in [0.25, 0.3) is 10.0 Å². The van der Waals surface area contributed by atoms with Crippen LogP contribution in [0.1, 0.15) is 46.1 Å². The molecule has 0 amide bonds. The average Bonchev–Trinajstić information content (AvgIpc) is 3.16. The van der Waals surface area contributed by atoms with Crippen LogP contribution in [0.3, 0.4) is 0 Å². The zero-order valence-corrected chi connectivity index (χ0v) is 21.2. The predicted octanol–water partition coefficient (Wildman–Crippen LogP) is 3.58. The Bertz CT molecular complexity index is 1050. The van der Waals surface area contributed by atoms with Crippen molar-refractivity contribution in [1.29, 1.82) is 0 Å². The molecule has 1 aliphatic heterocycles. The molecule has 0 saturated carbocycles. The number of thiophene rings is 1. The first kappa shape index (κ1) is 24.7. The van der Waals surface area contributed by atoms with Crippen molar-refractivity contribution in [3.63, 3.8) is 0 Å². The first-order valence-corrected chi connectivity index (χ1v) is 13.1. The van der Waals surface area contributed by atoms with Crippen molar-refractivity contribution in [2.75, 3.05) is 46.2 Å². The topological polar surface area (TPSA) is 70.2 Å². The van der Waals surface area contributed by atoms with Gasteiger partial charge in [-0.1, -0.05) is 25.5 Å². The summed E-state index contributed by atoms with van der Waals surface area (Å²) in [6, 6.07) is 8.44. The van der Waals surface area contributed by atoms with Gasteiger partial charge in [0.15, 0.2) is 0 Å². The molecule has 0 N–H and O–H groups in total. The summed E-state index contributed by atoms with van der Waals surface area (Å²) in [6.45, 7) is 4.60. The monoisotopic (exact) mass is 479 g/mol. The van der Waals surface area contributed by atoms with E-state index in [9.17, 15) is 13.2 Å². The SMILES string of the molecule is CCCCN(C)S(=O)(=O)c1sc2c(c1C(=O)OC)CCN(Cc1ccc(N(C)C)cc1)C2. The summed E-state index contributed by atoms with van der Waals surface area (Å²) in [4.78, 5) is 17.9. The number of carbonyl (C=O) groups excluding carboxylic acids is 1. The number of benzene rings is 1. The number of rotatable bonds is 9. The van der Waals surface area contributed by atoms with Crippen molar-refractivity contribution in [2.24, 2.45) is 0 Å². The first-order valence-electron chi connectivity index (χ1n) is 10.9. The van der Waals surface area contributed by atoms with Gasteiger partial charge in [-0.05, 0) is 36.1 Å². The van der Waals surface area contributed by atoms with E-state index in [4.69, 9.17) is 4.74 Å². The molecule has 0 aliphatic carbocycles. The number of unbranched alkanes of at least 4 members (excludes halogenated alkanes) is 1. The molecule has 0 atom stereocenters. The van der Waals surface area contributed by atoms with Crippen molar-refractivity contribution in [3.8, 4) is 0 Å². The van der Waals surface area contributed by atoms with Crippen LogP contribution >= 0.6 is 11.3 Å². The second-order valence-corrected chi connectivity index (χ2v) is 11.7. The lowest BCUT2D eigenvalue weighted by atomic mass is 10.0. The van der Waals surface area contributed by atoms with Crippen LogP contribution in [0.15, 0.2) is 28.5 Å². The maximum Gasteiger partial charge on any atom is 0.340 e. The van der Waals surface area contributed by atoms with Crippen LogP contribution in [-0.4, -0.2) is 64.9 Å². The molecule has 1 aliphatic rings. The van der Waals surface area contributed by atoms with Crippen LogP contribution in [-0.2, 0) is 34.3 Å². The highest BCUT2D eigenvalue weighted by molar-refractivity contribution is 7.91. The third kappa shape index (κ3) is 5.17. The first-order chi connectivity index (χ1) is 15.2. The molecule has 3 rings (SSSR count). The molecule has 0 fully saturated rings. The van der Waals surface area contributed by atoms with Crippen LogP contribution in [0.2, 0.25) is 0 Å². The Kier molecular flexibility index (Phi) is 7.97. The molecule has 1 aromatic carbocycles. The van der Waals surface area contributed by atoms with Crippen molar-refractivity contribution < 1.29 is 17.9 Å².